The van der Waals surface area contributed by atoms with E-state index >= 15 is 0 Å². The molecule has 0 aromatic heterocycles. The first-order chi connectivity index (χ1) is 10.6. The normalized spacial score (nSPS) is 21.5. The molecular weight excluding hydrogens is 312 g/mol. The highest BCUT2D eigenvalue weighted by atomic mass is 19.3. The lowest BCUT2D eigenvalue weighted by atomic mass is 9.85. The standard InChI is InChI=1S/C14H23F2N3O4/c1-14(2,3)23-13(22)17-9-6-4-8(5-7-9)11(20)18-19-12(21)10(15)16/h8-10H,4-7H2,1-3H3,(H,17,22)(H,18,20)(H,19,21)/t8-,9-. The predicted octanol–water partition coefficient (Wildman–Crippen LogP) is 1.48. The van der Waals surface area contributed by atoms with Crippen LogP contribution >= 0.6 is 0 Å². The SMILES string of the molecule is CC(C)(C)OC(=O)N[C@H]1CC[C@H](C(=O)NNC(=O)C(F)F)CC1. The zero-order chi connectivity index (χ0) is 17.6. The number of carbonyl (C=O) groups is 3. The number of alkyl halides is 2. The van der Waals surface area contributed by atoms with Crippen LogP contribution in [0.4, 0.5) is 13.6 Å². The molecule has 1 fully saturated rings. The Bertz CT molecular complexity index is 444. The average molecular weight is 335 g/mol. The summed E-state index contributed by atoms with van der Waals surface area (Å²) >= 11 is 0. The number of rotatable bonds is 3. The maximum atomic E-state index is 12.0. The van der Waals surface area contributed by atoms with Crippen molar-refractivity contribution in [2.75, 3.05) is 0 Å². The molecule has 0 spiro atoms. The zero-order valence-electron chi connectivity index (χ0n) is 13.4. The quantitative estimate of drug-likeness (QED) is 0.681. The van der Waals surface area contributed by atoms with Gasteiger partial charge >= 0.3 is 18.4 Å². The van der Waals surface area contributed by atoms with Crippen molar-refractivity contribution in [3.63, 3.8) is 0 Å². The molecule has 23 heavy (non-hydrogen) atoms. The van der Waals surface area contributed by atoms with Gasteiger partial charge in [0.1, 0.15) is 5.60 Å². The van der Waals surface area contributed by atoms with Gasteiger partial charge in [-0.15, -0.1) is 0 Å². The Kier molecular flexibility index (Phi) is 6.71. The number of hydrogen-bond acceptors (Lipinski definition) is 4. The van der Waals surface area contributed by atoms with E-state index in [9.17, 15) is 23.2 Å². The fourth-order valence-corrected chi connectivity index (χ4v) is 2.25. The summed E-state index contributed by atoms with van der Waals surface area (Å²) in [5.41, 5.74) is 3.08. The number of hydrogen-bond donors (Lipinski definition) is 3. The minimum atomic E-state index is -3.18. The Morgan fingerprint density at radius 1 is 1.04 bits per heavy atom. The van der Waals surface area contributed by atoms with Crippen molar-refractivity contribution in [1.82, 2.24) is 16.2 Å². The van der Waals surface area contributed by atoms with Crippen LogP contribution in [0.1, 0.15) is 46.5 Å². The summed E-state index contributed by atoms with van der Waals surface area (Å²) in [5.74, 6) is -2.43. The van der Waals surface area contributed by atoms with Crippen LogP contribution in [0, 0.1) is 5.92 Å². The van der Waals surface area contributed by atoms with Crippen LogP contribution in [0.2, 0.25) is 0 Å². The number of amides is 3. The third kappa shape index (κ3) is 7.25. The van der Waals surface area contributed by atoms with Crippen LogP contribution in [-0.4, -0.2) is 36.0 Å². The molecule has 0 aliphatic heterocycles. The van der Waals surface area contributed by atoms with Crippen molar-refractivity contribution < 1.29 is 27.9 Å². The summed E-state index contributed by atoms with van der Waals surface area (Å²) in [6.45, 7) is 5.30. The highest BCUT2D eigenvalue weighted by Gasteiger charge is 2.28. The van der Waals surface area contributed by atoms with Gasteiger partial charge in [0.05, 0.1) is 0 Å². The molecule has 0 bridgehead atoms. The van der Waals surface area contributed by atoms with Gasteiger partial charge in [-0.25, -0.2) is 4.79 Å². The monoisotopic (exact) mass is 335 g/mol. The molecule has 1 rings (SSSR count). The van der Waals surface area contributed by atoms with Crippen LogP contribution in [0.15, 0.2) is 0 Å². The maximum Gasteiger partial charge on any atom is 0.407 e. The molecule has 3 N–H and O–H groups in total. The topological polar surface area (TPSA) is 96.5 Å². The number of ether oxygens (including phenoxy) is 1. The lowest BCUT2D eigenvalue weighted by Crippen LogP contribution is -2.48. The summed E-state index contributed by atoms with van der Waals surface area (Å²) in [5, 5.41) is 2.74. The molecule has 132 valence electrons. The molecule has 0 aromatic carbocycles. The van der Waals surface area contributed by atoms with E-state index in [0.29, 0.717) is 25.7 Å². The van der Waals surface area contributed by atoms with E-state index in [0.717, 1.165) is 0 Å². The van der Waals surface area contributed by atoms with Gasteiger partial charge < -0.3 is 10.1 Å². The van der Waals surface area contributed by atoms with Crippen molar-refractivity contribution in [1.29, 1.82) is 0 Å². The number of halogens is 2. The van der Waals surface area contributed by atoms with Crippen molar-refractivity contribution in [3.8, 4) is 0 Å². The molecule has 1 saturated carbocycles. The molecule has 0 saturated heterocycles. The van der Waals surface area contributed by atoms with Gasteiger partial charge in [0.2, 0.25) is 5.91 Å². The van der Waals surface area contributed by atoms with E-state index in [4.69, 9.17) is 4.74 Å². The number of alkyl carbamates (subject to hydrolysis) is 1. The highest BCUT2D eigenvalue weighted by molar-refractivity contribution is 5.84. The molecule has 0 aromatic rings. The molecule has 7 nitrogen and oxygen atoms in total. The predicted molar refractivity (Wildman–Crippen MR) is 77.4 cm³/mol. The summed E-state index contributed by atoms with van der Waals surface area (Å²) in [6, 6.07) is -0.0930. The lowest BCUT2D eigenvalue weighted by Gasteiger charge is -2.29. The molecule has 9 heteroatoms. The summed E-state index contributed by atoms with van der Waals surface area (Å²) < 4.78 is 29.1. The molecule has 1 aliphatic rings. The molecule has 0 heterocycles. The van der Waals surface area contributed by atoms with Crippen LogP contribution in [-0.2, 0) is 14.3 Å². The fourth-order valence-electron chi connectivity index (χ4n) is 2.25. The first kappa shape index (κ1) is 19.1. The Hall–Kier alpha value is -1.93. The average Bonchev–Trinajstić information content (AvgIpc) is 2.42. The van der Waals surface area contributed by atoms with E-state index in [-0.39, 0.29) is 12.0 Å². The van der Waals surface area contributed by atoms with Crippen LogP contribution < -0.4 is 16.2 Å². The third-order valence-electron chi connectivity index (χ3n) is 3.33. The van der Waals surface area contributed by atoms with Crippen molar-refractivity contribution in [2.24, 2.45) is 5.92 Å². The van der Waals surface area contributed by atoms with E-state index in [2.05, 4.69) is 5.32 Å². The Labute approximate surface area is 133 Å². The molecule has 1 aliphatic carbocycles. The Morgan fingerprint density at radius 3 is 2.09 bits per heavy atom. The summed E-state index contributed by atoms with van der Waals surface area (Å²) in [4.78, 5) is 34.1. The molecule has 3 amide bonds. The molecule has 0 atom stereocenters. The van der Waals surface area contributed by atoms with Gasteiger partial charge in [-0.05, 0) is 46.5 Å². The second-order valence-electron chi connectivity index (χ2n) is 6.47. The highest BCUT2D eigenvalue weighted by Crippen LogP contribution is 2.24. The minimum absolute atomic E-state index is 0.0930. The summed E-state index contributed by atoms with van der Waals surface area (Å²) in [6.07, 6.45) is -1.58. The first-order valence-electron chi connectivity index (χ1n) is 7.46. The van der Waals surface area contributed by atoms with E-state index in [1.165, 1.54) is 0 Å². The van der Waals surface area contributed by atoms with Gasteiger partial charge in [0.25, 0.3) is 0 Å². The van der Waals surface area contributed by atoms with E-state index < -0.39 is 29.9 Å². The fraction of sp³-hybridized carbons (Fsp3) is 0.786. The molecule has 0 radical (unpaired) electrons. The van der Waals surface area contributed by atoms with Crippen molar-refractivity contribution in [2.45, 2.75) is 64.5 Å². The number of nitrogens with one attached hydrogen (secondary N) is 3. The van der Waals surface area contributed by atoms with Crippen molar-refractivity contribution in [3.05, 3.63) is 0 Å². The molecular formula is C14H23F2N3O4. The van der Waals surface area contributed by atoms with Crippen molar-refractivity contribution >= 4 is 17.9 Å². The Morgan fingerprint density at radius 2 is 1.61 bits per heavy atom. The van der Waals surface area contributed by atoms with Crippen LogP contribution in [0.25, 0.3) is 0 Å². The Balaban J connectivity index is 2.31. The van der Waals surface area contributed by atoms with E-state index in [1.807, 2.05) is 5.43 Å². The van der Waals surface area contributed by atoms with Gasteiger partial charge in [-0.3, -0.25) is 20.4 Å². The molecule has 0 unspecified atom stereocenters. The number of carbonyl (C=O) groups excluding carboxylic acids is 3. The summed E-state index contributed by atoms with van der Waals surface area (Å²) in [7, 11) is 0. The smallest absolute Gasteiger partial charge is 0.407 e. The second kappa shape index (κ2) is 8.07. The zero-order valence-corrected chi connectivity index (χ0v) is 13.4. The van der Waals surface area contributed by atoms with Gasteiger partial charge in [0.15, 0.2) is 0 Å². The van der Waals surface area contributed by atoms with Crippen LogP contribution in [0.5, 0.6) is 0 Å². The minimum Gasteiger partial charge on any atom is -0.444 e. The maximum absolute atomic E-state index is 12.0. The van der Waals surface area contributed by atoms with E-state index in [1.54, 1.807) is 26.2 Å². The number of hydrazine groups is 1. The first-order valence-corrected chi connectivity index (χ1v) is 7.46. The van der Waals surface area contributed by atoms with Crippen LogP contribution in [0.3, 0.4) is 0 Å². The largest absolute Gasteiger partial charge is 0.444 e. The van der Waals surface area contributed by atoms with Gasteiger partial charge in [0, 0.05) is 12.0 Å². The van der Waals surface area contributed by atoms with Gasteiger partial charge in [-0.1, -0.05) is 0 Å². The lowest BCUT2D eigenvalue weighted by molar-refractivity contribution is -0.137. The third-order valence-corrected chi connectivity index (χ3v) is 3.33. The van der Waals surface area contributed by atoms with Gasteiger partial charge in [-0.2, -0.15) is 8.78 Å². The second-order valence-corrected chi connectivity index (χ2v) is 6.47.